The Bertz CT molecular complexity index is 690. The molecule has 4 rings (SSSR count). The molecule has 0 bridgehead atoms. The van der Waals surface area contributed by atoms with Gasteiger partial charge in [0.05, 0.1) is 6.04 Å². The fraction of sp³-hybridized carbons (Fsp3) is 0.579. The van der Waals surface area contributed by atoms with Crippen LogP contribution in [0.15, 0.2) is 28.8 Å². The second kappa shape index (κ2) is 6.65. The molecule has 0 aliphatic carbocycles. The fourth-order valence-corrected chi connectivity index (χ4v) is 3.94. The maximum absolute atomic E-state index is 5.64. The highest BCUT2D eigenvalue weighted by Gasteiger charge is 2.29. The lowest BCUT2D eigenvalue weighted by molar-refractivity contribution is 0.173. The molecule has 0 amide bonds. The maximum Gasteiger partial charge on any atom is 0.244 e. The van der Waals surface area contributed by atoms with E-state index in [4.69, 9.17) is 9.51 Å². The van der Waals surface area contributed by atoms with Crippen LogP contribution in [-0.2, 0) is 19.4 Å². The Morgan fingerprint density at radius 2 is 1.88 bits per heavy atom. The maximum atomic E-state index is 5.64. The molecule has 0 unspecified atom stereocenters. The monoisotopic (exact) mass is 326 g/mol. The van der Waals surface area contributed by atoms with E-state index in [9.17, 15) is 0 Å². The first-order chi connectivity index (χ1) is 11.7. The van der Waals surface area contributed by atoms with Gasteiger partial charge in [0.2, 0.25) is 5.89 Å². The minimum Gasteiger partial charge on any atom is -0.338 e. The van der Waals surface area contributed by atoms with Crippen LogP contribution in [0.4, 0.5) is 0 Å². The van der Waals surface area contributed by atoms with Crippen LogP contribution in [0.25, 0.3) is 0 Å². The number of hydrogen-bond donors (Lipinski definition) is 0. The van der Waals surface area contributed by atoms with Crippen molar-refractivity contribution in [1.82, 2.24) is 19.9 Å². The summed E-state index contributed by atoms with van der Waals surface area (Å²) >= 11 is 0. The van der Waals surface area contributed by atoms with Crippen LogP contribution in [0.1, 0.15) is 41.7 Å². The third-order valence-electron chi connectivity index (χ3n) is 5.56. The zero-order valence-corrected chi connectivity index (χ0v) is 14.6. The number of nitrogens with zero attached hydrogens (tertiary/aromatic N) is 4. The predicted molar refractivity (Wildman–Crippen MR) is 92.6 cm³/mol. The van der Waals surface area contributed by atoms with Gasteiger partial charge in [-0.1, -0.05) is 29.4 Å². The predicted octanol–water partition coefficient (Wildman–Crippen LogP) is 2.68. The molecule has 0 radical (unpaired) electrons. The zero-order chi connectivity index (χ0) is 16.5. The van der Waals surface area contributed by atoms with Crippen molar-refractivity contribution in [2.24, 2.45) is 5.92 Å². The first-order valence-electron chi connectivity index (χ1n) is 8.97. The van der Waals surface area contributed by atoms with E-state index in [-0.39, 0.29) is 6.04 Å². The Morgan fingerprint density at radius 3 is 2.67 bits per heavy atom. The van der Waals surface area contributed by atoms with Gasteiger partial charge in [-0.3, -0.25) is 4.90 Å². The third-order valence-corrected chi connectivity index (χ3v) is 5.56. The van der Waals surface area contributed by atoms with Crippen molar-refractivity contribution in [2.75, 3.05) is 27.2 Å². The molecule has 1 fully saturated rings. The molecule has 2 aliphatic rings. The number of benzene rings is 1. The van der Waals surface area contributed by atoms with E-state index >= 15 is 0 Å². The summed E-state index contributed by atoms with van der Waals surface area (Å²) in [6.07, 6.45) is 4.36. The lowest BCUT2D eigenvalue weighted by atomic mass is 9.93. The lowest BCUT2D eigenvalue weighted by Gasteiger charge is -2.31. The summed E-state index contributed by atoms with van der Waals surface area (Å²) in [7, 11) is 4.33. The molecule has 2 aliphatic heterocycles. The van der Waals surface area contributed by atoms with Crippen molar-refractivity contribution >= 4 is 0 Å². The Balaban J connectivity index is 1.45. The van der Waals surface area contributed by atoms with Gasteiger partial charge >= 0.3 is 0 Å². The molecule has 5 nitrogen and oxygen atoms in total. The van der Waals surface area contributed by atoms with Crippen LogP contribution in [0.3, 0.4) is 0 Å². The number of rotatable bonds is 3. The standard InChI is InChI=1S/C19H26N4O/c1-22-9-7-14(8-10-22)11-18-20-19(24-21-18)17-12-15-5-3-4-6-16(15)13-23(17)2/h3-6,14,17H,7-13H2,1-2H3/t17-/m0/s1. The van der Waals surface area contributed by atoms with E-state index in [0.717, 1.165) is 31.1 Å². The summed E-state index contributed by atoms with van der Waals surface area (Å²) in [6.45, 7) is 3.29. The topological polar surface area (TPSA) is 45.4 Å². The number of hydrogen-bond acceptors (Lipinski definition) is 5. The van der Waals surface area contributed by atoms with E-state index in [0.29, 0.717) is 5.92 Å². The highest BCUT2D eigenvalue weighted by Crippen LogP contribution is 2.31. The molecule has 3 heterocycles. The first kappa shape index (κ1) is 15.8. The van der Waals surface area contributed by atoms with Crippen molar-refractivity contribution in [1.29, 1.82) is 0 Å². The molecule has 0 N–H and O–H groups in total. The average molecular weight is 326 g/mol. The number of fused-ring (bicyclic) bond motifs is 1. The van der Waals surface area contributed by atoms with Crippen LogP contribution < -0.4 is 0 Å². The minimum absolute atomic E-state index is 0.193. The molecular weight excluding hydrogens is 300 g/mol. The van der Waals surface area contributed by atoms with E-state index in [1.165, 1.54) is 37.1 Å². The van der Waals surface area contributed by atoms with Crippen molar-refractivity contribution < 1.29 is 4.52 Å². The number of piperidine rings is 1. The highest BCUT2D eigenvalue weighted by atomic mass is 16.5. The Labute approximate surface area is 143 Å². The SMILES string of the molecule is CN1CCC(Cc2noc([C@@H]3Cc4ccccc4CN3C)n2)CC1. The van der Waals surface area contributed by atoms with E-state index in [2.05, 4.69) is 53.3 Å². The average Bonchev–Trinajstić information content (AvgIpc) is 3.04. The Hall–Kier alpha value is -1.72. The third kappa shape index (κ3) is 3.23. The molecule has 0 saturated carbocycles. The summed E-state index contributed by atoms with van der Waals surface area (Å²) in [4.78, 5) is 9.45. The molecule has 2 aromatic rings. The molecule has 24 heavy (non-hydrogen) atoms. The van der Waals surface area contributed by atoms with E-state index in [1.807, 2.05) is 0 Å². The van der Waals surface area contributed by atoms with Gasteiger partial charge in [0.25, 0.3) is 0 Å². The van der Waals surface area contributed by atoms with E-state index in [1.54, 1.807) is 0 Å². The van der Waals surface area contributed by atoms with Crippen molar-refractivity contribution in [3.63, 3.8) is 0 Å². The normalized spacial score (nSPS) is 23.3. The summed E-state index contributed by atoms with van der Waals surface area (Å²) in [5, 5.41) is 4.27. The van der Waals surface area contributed by atoms with Gasteiger partial charge in [0.15, 0.2) is 5.82 Å². The van der Waals surface area contributed by atoms with Crippen LogP contribution in [-0.4, -0.2) is 47.1 Å². The van der Waals surface area contributed by atoms with Crippen molar-refractivity contribution in [3.05, 3.63) is 47.1 Å². The van der Waals surface area contributed by atoms with Gasteiger partial charge in [-0.15, -0.1) is 0 Å². The van der Waals surface area contributed by atoms with Crippen LogP contribution in [0.5, 0.6) is 0 Å². The van der Waals surface area contributed by atoms with Gasteiger partial charge in [-0.05, 0) is 63.5 Å². The van der Waals surface area contributed by atoms with Gasteiger partial charge in [0, 0.05) is 13.0 Å². The number of likely N-dealkylation sites (N-methyl/N-ethyl adjacent to an activating group) is 1. The molecule has 1 saturated heterocycles. The lowest BCUT2D eigenvalue weighted by Crippen LogP contribution is -2.31. The van der Waals surface area contributed by atoms with Crippen LogP contribution in [0, 0.1) is 5.92 Å². The minimum atomic E-state index is 0.193. The van der Waals surface area contributed by atoms with Crippen molar-refractivity contribution in [2.45, 2.75) is 38.3 Å². The van der Waals surface area contributed by atoms with Crippen LogP contribution in [0.2, 0.25) is 0 Å². The molecule has 1 aromatic carbocycles. The van der Waals surface area contributed by atoms with Crippen LogP contribution >= 0.6 is 0 Å². The molecule has 1 atom stereocenters. The Kier molecular flexibility index (Phi) is 4.37. The van der Waals surface area contributed by atoms with Crippen molar-refractivity contribution in [3.8, 4) is 0 Å². The van der Waals surface area contributed by atoms with Gasteiger partial charge in [-0.2, -0.15) is 4.98 Å². The molecule has 1 aromatic heterocycles. The van der Waals surface area contributed by atoms with E-state index < -0.39 is 0 Å². The second-order valence-electron chi connectivity index (χ2n) is 7.40. The summed E-state index contributed by atoms with van der Waals surface area (Å²) in [5.74, 6) is 2.35. The number of likely N-dealkylation sites (tertiary alicyclic amines) is 1. The summed E-state index contributed by atoms with van der Waals surface area (Å²) in [6, 6.07) is 8.84. The molecule has 0 spiro atoms. The summed E-state index contributed by atoms with van der Waals surface area (Å²) < 4.78 is 5.64. The smallest absolute Gasteiger partial charge is 0.244 e. The largest absolute Gasteiger partial charge is 0.338 e. The molecule has 5 heteroatoms. The van der Waals surface area contributed by atoms with Gasteiger partial charge < -0.3 is 9.42 Å². The highest BCUT2D eigenvalue weighted by molar-refractivity contribution is 5.30. The summed E-state index contributed by atoms with van der Waals surface area (Å²) in [5.41, 5.74) is 2.80. The molecule has 128 valence electrons. The number of aromatic nitrogens is 2. The van der Waals surface area contributed by atoms with Gasteiger partial charge in [0.1, 0.15) is 0 Å². The van der Waals surface area contributed by atoms with Gasteiger partial charge in [-0.25, -0.2) is 0 Å². The fourth-order valence-electron chi connectivity index (χ4n) is 3.94. The zero-order valence-electron chi connectivity index (χ0n) is 14.6. The first-order valence-corrected chi connectivity index (χ1v) is 8.97. The quantitative estimate of drug-likeness (QED) is 0.868. The second-order valence-corrected chi connectivity index (χ2v) is 7.40. The Morgan fingerprint density at radius 1 is 1.12 bits per heavy atom. The molecular formula is C19H26N4O.